The Bertz CT molecular complexity index is 265. The lowest BCUT2D eigenvalue weighted by Crippen LogP contribution is -1.91. The normalized spacial score (nSPS) is 10.2. The molecule has 0 heterocycles. The lowest BCUT2D eigenvalue weighted by Gasteiger charge is -2.02. The second kappa shape index (κ2) is 4.30. The van der Waals surface area contributed by atoms with E-state index in [9.17, 15) is 8.78 Å². The minimum atomic E-state index is -0.401. The van der Waals surface area contributed by atoms with E-state index in [0.29, 0.717) is 11.4 Å². The summed E-state index contributed by atoms with van der Waals surface area (Å²) in [7, 11) is 0. The minimum Gasteiger partial charge on any atom is -0.398 e. The van der Waals surface area contributed by atoms with Crippen molar-refractivity contribution in [2.24, 2.45) is 0 Å². The molecule has 66 valence electrons. The van der Waals surface area contributed by atoms with Crippen molar-refractivity contribution in [3.05, 3.63) is 24.0 Å². The van der Waals surface area contributed by atoms with Crippen molar-refractivity contribution in [3.8, 4) is 0 Å². The molecule has 0 radical (unpaired) electrons. The van der Waals surface area contributed by atoms with Gasteiger partial charge in [0.05, 0.1) is 6.67 Å². The average molecular weight is 189 g/mol. The van der Waals surface area contributed by atoms with E-state index in [1.807, 2.05) is 0 Å². The second-order valence-electron chi connectivity index (χ2n) is 2.22. The molecule has 0 aliphatic heterocycles. The van der Waals surface area contributed by atoms with E-state index in [0.717, 1.165) is 4.90 Å². The van der Waals surface area contributed by atoms with Gasteiger partial charge in [-0.25, -0.2) is 4.39 Å². The molecule has 0 atom stereocenters. The summed E-state index contributed by atoms with van der Waals surface area (Å²) in [6.07, 6.45) is 0. The van der Waals surface area contributed by atoms with Crippen molar-refractivity contribution < 1.29 is 8.78 Å². The van der Waals surface area contributed by atoms with Gasteiger partial charge in [0, 0.05) is 16.3 Å². The third kappa shape index (κ3) is 2.37. The number of alkyl halides is 1. The topological polar surface area (TPSA) is 26.0 Å². The molecular formula is C8H9F2NS. The molecule has 0 bridgehead atoms. The van der Waals surface area contributed by atoms with E-state index in [1.54, 1.807) is 6.07 Å². The largest absolute Gasteiger partial charge is 0.398 e. The standard InChI is InChI=1S/C8H9F2NS/c9-3-4-12-8-2-1-6(10)5-7(8)11/h1-2,5H,3-4,11H2. The van der Waals surface area contributed by atoms with Gasteiger partial charge in [0.15, 0.2) is 0 Å². The van der Waals surface area contributed by atoms with Gasteiger partial charge in [0.1, 0.15) is 5.82 Å². The van der Waals surface area contributed by atoms with E-state index >= 15 is 0 Å². The van der Waals surface area contributed by atoms with E-state index in [2.05, 4.69) is 0 Å². The maximum atomic E-state index is 12.5. The van der Waals surface area contributed by atoms with E-state index in [4.69, 9.17) is 5.73 Å². The van der Waals surface area contributed by atoms with Crippen molar-refractivity contribution >= 4 is 17.4 Å². The van der Waals surface area contributed by atoms with Crippen LogP contribution < -0.4 is 5.73 Å². The number of nitrogens with two attached hydrogens (primary N) is 1. The van der Waals surface area contributed by atoms with Gasteiger partial charge in [0.2, 0.25) is 0 Å². The molecule has 1 aromatic carbocycles. The summed E-state index contributed by atoms with van der Waals surface area (Å²) in [6, 6.07) is 4.11. The van der Waals surface area contributed by atoms with Crippen LogP contribution in [0.5, 0.6) is 0 Å². The third-order valence-corrected chi connectivity index (χ3v) is 2.35. The first-order chi connectivity index (χ1) is 5.74. The van der Waals surface area contributed by atoms with Crippen molar-refractivity contribution in [3.63, 3.8) is 0 Å². The summed E-state index contributed by atoms with van der Waals surface area (Å²) < 4.78 is 24.3. The number of thioether (sulfide) groups is 1. The van der Waals surface area contributed by atoms with Crippen molar-refractivity contribution in [2.45, 2.75) is 4.90 Å². The van der Waals surface area contributed by atoms with Crippen LogP contribution in [0.4, 0.5) is 14.5 Å². The number of hydrogen-bond donors (Lipinski definition) is 1. The Balaban J connectivity index is 2.72. The molecular weight excluding hydrogens is 180 g/mol. The van der Waals surface area contributed by atoms with Crippen LogP contribution in [0.25, 0.3) is 0 Å². The second-order valence-corrected chi connectivity index (χ2v) is 3.36. The van der Waals surface area contributed by atoms with Gasteiger partial charge in [-0.1, -0.05) is 0 Å². The smallest absolute Gasteiger partial charge is 0.125 e. The highest BCUT2D eigenvalue weighted by Gasteiger charge is 2.00. The molecule has 0 aromatic heterocycles. The molecule has 0 fully saturated rings. The van der Waals surface area contributed by atoms with Gasteiger partial charge >= 0.3 is 0 Å². The van der Waals surface area contributed by atoms with Crippen molar-refractivity contribution in [2.75, 3.05) is 18.2 Å². The molecule has 0 saturated carbocycles. The van der Waals surface area contributed by atoms with Crippen LogP contribution in [0.3, 0.4) is 0 Å². The number of anilines is 1. The molecule has 0 aliphatic carbocycles. The molecule has 0 amide bonds. The van der Waals surface area contributed by atoms with E-state index in [1.165, 1.54) is 23.9 Å². The predicted octanol–water partition coefficient (Wildman–Crippen LogP) is 2.47. The Hall–Kier alpha value is -0.770. The molecule has 0 aliphatic rings. The van der Waals surface area contributed by atoms with Gasteiger partial charge in [-0.2, -0.15) is 0 Å². The van der Waals surface area contributed by atoms with Gasteiger partial charge in [0.25, 0.3) is 0 Å². The molecule has 1 rings (SSSR count). The summed E-state index contributed by atoms with van der Waals surface area (Å²) in [6.45, 7) is -0.401. The Kier molecular flexibility index (Phi) is 3.34. The van der Waals surface area contributed by atoms with Crippen LogP contribution in [0.2, 0.25) is 0 Å². The first-order valence-corrected chi connectivity index (χ1v) is 4.46. The molecule has 0 unspecified atom stereocenters. The van der Waals surface area contributed by atoms with E-state index < -0.39 is 6.67 Å². The fraction of sp³-hybridized carbons (Fsp3) is 0.250. The van der Waals surface area contributed by atoms with Crippen LogP contribution in [-0.2, 0) is 0 Å². The Labute approximate surface area is 74.0 Å². The van der Waals surface area contributed by atoms with Crippen LogP contribution in [0.15, 0.2) is 23.1 Å². The summed E-state index contributed by atoms with van der Waals surface area (Å²) in [5.74, 6) is -0.00682. The van der Waals surface area contributed by atoms with Crippen LogP contribution in [-0.4, -0.2) is 12.4 Å². The van der Waals surface area contributed by atoms with Gasteiger partial charge in [-0.3, -0.25) is 4.39 Å². The molecule has 2 N–H and O–H groups in total. The first kappa shape index (κ1) is 9.32. The zero-order valence-corrected chi connectivity index (χ0v) is 7.20. The molecule has 1 aromatic rings. The Morgan fingerprint density at radius 1 is 1.42 bits per heavy atom. The quantitative estimate of drug-likeness (QED) is 0.584. The zero-order chi connectivity index (χ0) is 8.97. The first-order valence-electron chi connectivity index (χ1n) is 3.48. The molecule has 0 spiro atoms. The molecule has 0 saturated heterocycles. The maximum Gasteiger partial charge on any atom is 0.125 e. The summed E-state index contributed by atoms with van der Waals surface area (Å²) >= 11 is 1.29. The number of halogens is 2. The Morgan fingerprint density at radius 3 is 2.75 bits per heavy atom. The summed E-state index contributed by atoms with van der Waals surface area (Å²) in [5, 5.41) is 0. The maximum absolute atomic E-state index is 12.5. The van der Waals surface area contributed by atoms with Crippen molar-refractivity contribution in [1.82, 2.24) is 0 Å². The fourth-order valence-corrected chi connectivity index (χ4v) is 1.49. The highest BCUT2D eigenvalue weighted by atomic mass is 32.2. The lowest BCUT2D eigenvalue weighted by molar-refractivity contribution is 0.533. The van der Waals surface area contributed by atoms with Gasteiger partial charge < -0.3 is 5.73 Å². The number of benzene rings is 1. The summed E-state index contributed by atoms with van der Waals surface area (Å²) in [5.41, 5.74) is 5.85. The van der Waals surface area contributed by atoms with Gasteiger partial charge in [-0.05, 0) is 18.2 Å². The fourth-order valence-electron chi connectivity index (χ4n) is 0.799. The monoisotopic (exact) mass is 189 g/mol. The highest BCUT2D eigenvalue weighted by molar-refractivity contribution is 7.99. The SMILES string of the molecule is Nc1cc(F)ccc1SCCF. The van der Waals surface area contributed by atoms with Crippen LogP contribution in [0.1, 0.15) is 0 Å². The van der Waals surface area contributed by atoms with Crippen molar-refractivity contribution in [1.29, 1.82) is 0 Å². The molecule has 12 heavy (non-hydrogen) atoms. The van der Waals surface area contributed by atoms with Crippen LogP contribution >= 0.6 is 11.8 Å². The van der Waals surface area contributed by atoms with E-state index in [-0.39, 0.29) is 5.82 Å². The number of nitrogen functional groups attached to an aromatic ring is 1. The molecule has 4 heteroatoms. The van der Waals surface area contributed by atoms with Crippen LogP contribution in [0, 0.1) is 5.82 Å². The zero-order valence-electron chi connectivity index (χ0n) is 6.39. The van der Waals surface area contributed by atoms with Gasteiger partial charge in [-0.15, -0.1) is 11.8 Å². The number of rotatable bonds is 3. The highest BCUT2D eigenvalue weighted by Crippen LogP contribution is 2.25. The number of hydrogen-bond acceptors (Lipinski definition) is 2. The lowest BCUT2D eigenvalue weighted by atomic mass is 10.3. The third-order valence-electron chi connectivity index (χ3n) is 1.31. The summed E-state index contributed by atoms with van der Waals surface area (Å²) in [4.78, 5) is 0.731. The average Bonchev–Trinajstić information content (AvgIpc) is 2.03. The predicted molar refractivity (Wildman–Crippen MR) is 47.5 cm³/mol. The minimum absolute atomic E-state index is 0.357. The molecule has 1 nitrogen and oxygen atoms in total. The Morgan fingerprint density at radius 2 is 2.17 bits per heavy atom.